The molecule has 0 bridgehead atoms. The van der Waals surface area contributed by atoms with E-state index in [0.29, 0.717) is 29.4 Å². The highest BCUT2D eigenvalue weighted by Gasteiger charge is 2.27. The van der Waals surface area contributed by atoms with Crippen LogP contribution in [-0.2, 0) is 0 Å². The maximum absolute atomic E-state index is 5.57. The predicted octanol–water partition coefficient (Wildman–Crippen LogP) is 3.78. The van der Waals surface area contributed by atoms with Gasteiger partial charge in [0.2, 0.25) is 5.82 Å². The third-order valence-electron chi connectivity index (χ3n) is 5.29. The van der Waals surface area contributed by atoms with Crippen LogP contribution >= 0.6 is 0 Å². The molecule has 1 fully saturated rings. The van der Waals surface area contributed by atoms with E-state index in [9.17, 15) is 0 Å². The van der Waals surface area contributed by atoms with E-state index >= 15 is 0 Å². The first-order valence-corrected chi connectivity index (χ1v) is 9.73. The summed E-state index contributed by atoms with van der Waals surface area (Å²) in [6, 6.07) is 15.1. The molecule has 29 heavy (non-hydrogen) atoms. The average Bonchev–Trinajstić information content (AvgIpc) is 3.23. The number of rotatable bonds is 5. The predicted molar refractivity (Wildman–Crippen MR) is 113 cm³/mol. The second kappa shape index (κ2) is 8.03. The van der Waals surface area contributed by atoms with Gasteiger partial charge in [-0.2, -0.15) is 4.98 Å². The van der Waals surface area contributed by atoms with Gasteiger partial charge in [-0.15, -0.1) is 0 Å². The summed E-state index contributed by atoms with van der Waals surface area (Å²) in [5, 5.41) is 4.17. The first-order chi connectivity index (χ1) is 14.1. The lowest BCUT2D eigenvalue weighted by Crippen LogP contribution is -2.52. The number of anilines is 2. The van der Waals surface area contributed by atoms with Crippen molar-refractivity contribution in [3.8, 4) is 22.9 Å². The molecule has 1 aromatic heterocycles. The molecule has 152 valence electrons. The van der Waals surface area contributed by atoms with Crippen molar-refractivity contribution < 1.29 is 14.0 Å². The van der Waals surface area contributed by atoms with Crippen LogP contribution in [0, 0.1) is 6.92 Å². The van der Waals surface area contributed by atoms with Crippen molar-refractivity contribution >= 4 is 11.7 Å². The van der Waals surface area contributed by atoms with Crippen LogP contribution < -0.4 is 19.3 Å². The minimum absolute atomic E-state index is 0.335. The molecule has 0 radical (unpaired) electrons. The van der Waals surface area contributed by atoms with E-state index < -0.39 is 0 Å². The van der Waals surface area contributed by atoms with Gasteiger partial charge in [0.25, 0.3) is 0 Å². The largest absolute Gasteiger partial charge is 0.493 e. The Balaban J connectivity index is 1.49. The minimum atomic E-state index is 0.335. The summed E-state index contributed by atoms with van der Waals surface area (Å²) < 4.78 is 16.2. The molecule has 1 saturated heterocycles. The Morgan fingerprint density at radius 1 is 1.03 bits per heavy atom. The fourth-order valence-corrected chi connectivity index (χ4v) is 3.76. The molecule has 2 aromatic carbocycles. The fraction of sp³-hybridized carbons (Fsp3) is 0.364. The Hall–Kier alpha value is -3.22. The van der Waals surface area contributed by atoms with Crippen LogP contribution in [0.15, 0.2) is 47.0 Å². The van der Waals surface area contributed by atoms with Gasteiger partial charge in [-0.1, -0.05) is 17.3 Å². The van der Waals surface area contributed by atoms with Crippen molar-refractivity contribution in [2.24, 2.45) is 0 Å². The van der Waals surface area contributed by atoms with Gasteiger partial charge < -0.3 is 23.8 Å². The van der Waals surface area contributed by atoms with Gasteiger partial charge in [0, 0.05) is 36.9 Å². The highest BCUT2D eigenvalue weighted by Crippen LogP contribution is 2.32. The second-order valence-electron chi connectivity index (χ2n) is 7.30. The molecule has 2 heterocycles. The summed E-state index contributed by atoms with van der Waals surface area (Å²) in [6.45, 7) is 6.89. The topological polar surface area (TPSA) is 63.9 Å². The van der Waals surface area contributed by atoms with E-state index in [0.717, 1.165) is 25.2 Å². The van der Waals surface area contributed by atoms with E-state index in [2.05, 4.69) is 58.1 Å². The lowest BCUT2D eigenvalue weighted by Gasteiger charge is -2.40. The number of piperazine rings is 1. The first-order valence-electron chi connectivity index (χ1n) is 9.73. The summed E-state index contributed by atoms with van der Waals surface area (Å²) in [5.74, 6) is 1.84. The quantitative estimate of drug-likeness (QED) is 0.652. The van der Waals surface area contributed by atoms with Crippen molar-refractivity contribution in [3.63, 3.8) is 0 Å². The van der Waals surface area contributed by atoms with Crippen LogP contribution in [0.1, 0.15) is 12.5 Å². The van der Waals surface area contributed by atoms with Crippen molar-refractivity contribution in [2.45, 2.75) is 19.9 Å². The van der Waals surface area contributed by atoms with Gasteiger partial charge in [0.15, 0.2) is 11.5 Å². The molecule has 0 spiro atoms. The summed E-state index contributed by atoms with van der Waals surface area (Å²) >= 11 is 0. The monoisotopic (exact) mass is 394 g/mol. The van der Waals surface area contributed by atoms with Gasteiger partial charge in [-0.05, 0) is 49.7 Å². The number of hydrogen-bond acceptors (Lipinski definition) is 7. The van der Waals surface area contributed by atoms with E-state index in [1.54, 1.807) is 14.2 Å². The summed E-state index contributed by atoms with van der Waals surface area (Å²) in [7, 11) is 3.22. The maximum atomic E-state index is 5.57. The van der Waals surface area contributed by atoms with Gasteiger partial charge in [-0.25, -0.2) is 0 Å². The van der Waals surface area contributed by atoms with Gasteiger partial charge in [0.1, 0.15) is 0 Å². The number of benzene rings is 2. The van der Waals surface area contributed by atoms with Crippen molar-refractivity contribution in [3.05, 3.63) is 48.0 Å². The Morgan fingerprint density at radius 3 is 2.59 bits per heavy atom. The summed E-state index contributed by atoms with van der Waals surface area (Å²) in [4.78, 5) is 9.19. The lowest BCUT2D eigenvalue weighted by atomic mass is 10.1. The molecule has 1 aliphatic rings. The molecule has 3 aromatic rings. The minimum Gasteiger partial charge on any atom is -0.493 e. The van der Waals surface area contributed by atoms with Crippen LogP contribution in [0.25, 0.3) is 11.4 Å². The third kappa shape index (κ3) is 3.85. The van der Waals surface area contributed by atoms with Gasteiger partial charge in [-0.3, -0.25) is 0 Å². The number of methoxy groups -OCH3 is 2. The molecule has 1 atom stereocenters. The highest BCUT2D eigenvalue weighted by atomic mass is 16.5. The zero-order valence-electron chi connectivity index (χ0n) is 17.3. The average molecular weight is 394 g/mol. The van der Waals surface area contributed by atoms with Gasteiger partial charge >= 0.3 is 6.01 Å². The zero-order valence-corrected chi connectivity index (χ0v) is 17.3. The van der Waals surface area contributed by atoms with Crippen molar-refractivity contribution in [1.82, 2.24) is 10.1 Å². The van der Waals surface area contributed by atoms with E-state index in [1.165, 1.54) is 11.3 Å². The molecule has 7 heteroatoms. The molecule has 1 aliphatic heterocycles. The van der Waals surface area contributed by atoms with Crippen molar-refractivity contribution in [1.29, 1.82) is 0 Å². The molecule has 0 aliphatic carbocycles. The van der Waals surface area contributed by atoms with Crippen LogP contribution in [-0.4, -0.2) is 50.0 Å². The molecular weight excluding hydrogens is 368 g/mol. The smallest absolute Gasteiger partial charge is 0.324 e. The standard InChI is InChI=1S/C22H26N4O3/c1-15-6-5-7-18(12-15)26-11-10-25(14-16(26)2)22-23-21(24-29-22)17-8-9-19(27-3)20(13-17)28-4/h5-9,12-13,16H,10-11,14H2,1-4H3/t16-/m0/s1. The normalized spacial score (nSPS) is 16.8. The second-order valence-corrected chi connectivity index (χ2v) is 7.30. The SMILES string of the molecule is COc1ccc(-c2noc(N3CCN(c4cccc(C)c4)[C@@H](C)C3)n2)cc1OC. The van der Waals surface area contributed by atoms with E-state index in [1.807, 2.05) is 18.2 Å². The molecule has 4 rings (SSSR count). The number of aryl methyl sites for hydroxylation is 1. The Labute approximate surface area is 170 Å². The molecule has 0 amide bonds. The molecule has 0 N–H and O–H groups in total. The molecule has 7 nitrogen and oxygen atoms in total. The number of nitrogens with zero attached hydrogens (tertiary/aromatic N) is 4. The summed E-state index contributed by atoms with van der Waals surface area (Å²) in [6.07, 6.45) is 0. The van der Waals surface area contributed by atoms with Crippen LogP contribution in [0.4, 0.5) is 11.7 Å². The van der Waals surface area contributed by atoms with Crippen molar-refractivity contribution in [2.75, 3.05) is 43.7 Å². The number of hydrogen-bond donors (Lipinski definition) is 0. The fourth-order valence-electron chi connectivity index (χ4n) is 3.76. The van der Waals surface area contributed by atoms with E-state index in [4.69, 9.17) is 14.0 Å². The summed E-state index contributed by atoms with van der Waals surface area (Å²) in [5.41, 5.74) is 3.35. The Morgan fingerprint density at radius 2 is 1.86 bits per heavy atom. The first kappa shape index (κ1) is 19.1. The molecular formula is C22H26N4O3. The number of ether oxygens (including phenoxy) is 2. The Bertz CT molecular complexity index is 988. The lowest BCUT2D eigenvalue weighted by molar-refractivity contribution is 0.355. The highest BCUT2D eigenvalue weighted by molar-refractivity contribution is 5.61. The molecule has 0 saturated carbocycles. The molecule has 0 unspecified atom stereocenters. The van der Waals surface area contributed by atoms with Gasteiger partial charge in [0.05, 0.1) is 14.2 Å². The Kier molecular flexibility index (Phi) is 5.29. The zero-order chi connectivity index (χ0) is 20.4. The van der Waals surface area contributed by atoms with Crippen LogP contribution in [0.2, 0.25) is 0 Å². The maximum Gasteiger partial charge on any atom is 0.324 e. The van der Waals surface area contributed by atoms with E-state index in [-0.39, 0.29) is 0 Å². The number of aromatic nitrogens is 2. The van der Waals surface area contributed by atoms with Crippen LogP contribution in [0.3, 0.4) is 0 Å². The third-order valence-corrected chi connectivity index (χ3v) is 5.29. The van der Waals surface area contributed by atoms with Crippen LogP contribution in [0.5, 0.6) is 11.5 Å².